The number of nitrogens with two attached hydrogens (primary N) is 1. The maximum absolute atomic E-state index is 5.38. The lowest BCUT2D eigenvalue weighted by atomic mass is 9.67. The highest BCUT2D eigenvalue weighted by molar-refractivity contribution is 4.85. The monoisotopic (exact) mass is 156 g/mol. The summed E-state index contributed by atoms with van der Waals surface area (Å²) in [7, 11) is 0. The molecular weight excluding hydrogens is 136 g/mol. The largest absolute Gasteiger partial charge is 0.318 e. The molecule has 0 aromatic rings. The van der Waals surface area contributed by atoms with Crippen molar-refractivity contribution in [3.8, 4) is 0 Å². The second-order valence-corrected chi connectivity index (χ2v) is 4.25. The highest BCUT2D eigenvalue weighted by atomic mass is 15.0. The molecule has 3 N–H and O–H groups in total. The van der Waals surface area contributed by atoms with Crippen LogP contribution >= 0.6 is 0 Å². The van der Waals surface area contributed by atoms with Gasteiger partial charge in [-0.3, -0.25) is 0 Å². The van der Waals surface area contributed by atoms with Crippen LogP contribution in [0.2, 0.25) is 0 Å². The van der Waals surface area contributed by atoms with Crippen LogP contribution in [0.1, 0.15) is 33.1 Å². The van der Waals surface area contributed by atoms with Gasteiger partial charge in [-0.1, -0.05) is 20.3 Å². The van der Waals surface area contributed by atoms with Gasteiger partial charge in [0.2, 0.25) is 0 Å². The Hall–Kier alpha value is -0.0800. The van der Waals surface area contributed by atoms with E-state index in [2.05, 4.69) is 19.2 Å². The van der Waals surface area contributed by atoms with E-state index < -0.39 is 0 Å². The maximum atomic E-state index is 5.38. The molecule has 0 aliphatic heterocycles. The van der Waals surface area contributed by atoms with Crippen molar-refractivity contribution >= 4 is 0 Å². The van der Waals surface area contributed by atoms with Gasteiger partial charge >= 0.3 is 0 Å². The van der Waals surface area contributed by atoms with Crippen molar-refractivity contribution in [1.82, 2.24) is 5.32 Å². The van der Waals surface area contributed by atoms with Gasteiger partial charge in [-0.05, 0) is 24.2 Å². The minimum Gasteiger partial charge on any atom is -0.318 e. The third-order valence-corrected chi connectivity index (χ3v) is 2.94. The molecule has 1 aliphatic rings. The van der Waals surface area contributed by atoms with Gasteiger partial charge in [-0.2, -0.15) is 0 Å². The third-order valence-electron chi connectivity index (χ3n) is 2.94. The molecular formula is C9H20N2. The Balaban J connectivity index is 2.25. The van der Waals surface area contributed by atoms with Gasteiger partial charge in [0, 0.05) is 13.2 Å². The first-order valence-corrected chi connectivity index (χ1v) is 4.57. The van der Waals surface area contributed by atoms with Crippen LogP contribution in [-0.4, -0.2) is 13.2 Å². The van der Waals surface area contributed by atoms with Gasteiger partial charge in [0.1, 0.15) is 0 Å². The average Bonchev–Trinajstić information content (AvgIpc) is 1.78. The molecule has 0 aromatic heterocycles. The van der Waals surface area contributed by atoms with Gasteiger partial charge in [0.05, 0.1) is 0 Å². The molecule has 0 aromatic carbocycles. The SMILES string of the molecule is CC(C)(CNCN)C1CCC1. The summed E-state index contributed by atoms with van der Waals surface area (Å²) < 4.78 is 0. The Morgan fingerprint density at radius 2 is 2.09 bits per heavy atom. The third kappa shape index (κ3) is 2.17. The molecule has 1 saturated carbocycles. The van der Waals surface area contributed by atoms with Crippen molar-refractivity contribution in [3.05, 3.63) is 0 Å². The second-order valence-electron chi connectivity index (χ2n) is 4.25. The van der Waals surface area contributed by atoms with Gasteiger partial charge in [-0.15, -0.1) is 0 Å². The molecule has 0 heterocycles. The molecule has 0 bridgehead atoms. The first kappa shape index (κ1) is 9.01. The lowest BCUT2D eigenvalue weighted by molar-refractivity contribution is 0.119. The fraction of sp³-hybridized carbons (Fsp3) is 1.00. The van der Waals surface area contributed by atoms with Crippen LogP contribution < -0.4 is 11.1 Å². The minimum atomic E-state index is 0.456. The number of hydrogen-bond acceptors (Lipinski definition) is 2. The second kappa shape index (κ2) is 3.55. The predicted molar refractivity (Wildman–Crippen MR) is 48.2 cm³/mol. The maximum Gasteiger partial charge on any atom is 0.0428 e. The Kier molecular flexibility index (Phi) is 2.90. The summed E-state index contributed by atoms with van der Waals surface area (Å²) in [5.41, 5.74) is 5.84. The first-order valence-electron chi connectivity index (χ1n) is 4.57. The summed E-state index contributed by atoms with van der Waals surface area (Å²) in [6.07, 6.45) is 4.26. The summed E-state index contributed by atoms with van der Waals surface area (Å²) in [5, 5.41) is 3.22. The molecule has 2 nitrogen and oxygen atoms in total. The van der Waals surface area contributed by atoms with Crippen molar-refractivity contribution in [2.75, 3.05) is 13.2 Å². The fourth-order valence-electron chi connectivity index (χ4n) is 1.73. The normalized spacial score (nSPS) is 19.9. The van der Waals surface area contributed by atoms with Crippen LogP contribution in [0.25, 0.3) is 0 Å². The highest BCUT2D eigenvalue weighted by Gasteiger charge is 2.33. The van der Waals surface area contributed by atoms with Crippen LogP contribution in [0.4, 0.5) is 0 Å². The number of nitrogens with one attached hydrogen (secondary N) is 1. The summed E-state index contributed by atoms with van der Waals surface area (Å²) in [5.74, 6) is 0.932. The molecule has 2 heteroatoms. The van der Waals surface area contributed by atoms with E-state index in [0.29, 0.717) is 12.1 Å². The summed E-state index contributed by atoms with van der Waals surface area (Å²) in [6, 6.07) is 0. The van der Waals surface area contributed by atoms with Crippen LogP contribution in [0.3, 0.4) is 0 Å². The van der Waals surface area contributed by atoms with E-state index in [1.54, 1.807) is 0 Å². The topological polar surface area (TPSA) is 38.0 Å². The van der Waals surface area contributed by atoms with Gasteiger partial charge in [0.25, 0.3) is 0 Å². The van der Waals surface area contributed by atoms with Crippen molar-refractivity contribution in [1.29, 1.82) is 0 Å². The van der Waals surface area contributed by atoms with E-state index in [0.717, 1.165) is 12.5 Å². The van der Waals surface area contributed by atoms with Crippen LogP contribution in [0.5, 0.6) is 0 Å². The Morgan fingerprint density at radius 1 is 1.45 bits per heavy atom. The quantitative estimate of drug-likeness (QED) is 0.602. The van der Waals surface area contributed by atoms with E-state index in [1.165, 1.54) is 19.3 Å². The van der Waals surface area contributed by atoms with Crippen molar-refractivity contribution in [3.63, 3.8) is 0 Å². The van der Waals surface area contributed by atoms with Crippen LogP contribution in [0, 0.1) is 11.3 Å². The van der Waals surface area contributed by atoms with E-state index in [1.807, 2.05) is 0 Å². The summed E-state index contributed by atoms with van der Waals surface area (Å²) >= 11 is 0. The fourth-order valence-corrected chi connectivity index (χ4v) is 1.73. The summed E-state index contributed by atoms with van der Waals surface area (Å²) in [6.45, 7) is 6.34. The average molecular weight is 156 g/mol. The molecule has 1 aliphatic carbocycles. The molecule has 1 rings (SSSR count). The minimum absolute atomic E-state index is 0.456. The molecule has 0 radical (unpaired) electrons. The van der Waals surface area contributed by atoms with Gasteiger partial charge < -0.3 is 11.1 Å². The standard InChI is InChI=1S/C9H20N2/c1-9(2,6-11-7-10)8-4-3-5-8/h8,11H,3-7,10H2,1-2H3. The summed E-state index contributed by atoms with van der Waals surface area (Å²) in [4.78, 5) is 0. The van der Waals surface area contributed by atoms with Crippen LogP contribution in [-0.2, 0) is 0 Å². The lowest BCUT2D eigenvalue weighted by Crippen LogP contribution is -2.40. The van der Waals surface area contributed by atoms with E-state index in [4.69, 9.17) is 5.73 Å². The molecule has 0 saturated heterocycles. The molecule has 11 heavy (non-hydrogen) atoms. The molecule has 1 fully saturated rings. The zero-order valence-electron chi connectivity index (χ0n) is 7.69. The highest BCUT2D eigenvalue weighted by Crippen LogP contribution is 2.40. The first-order chi connectivity index (χ1) is 5.17. The molecule has 66 valence electrons. The molecule has 0 atom stereocenters. The van der Waals surface area contributed by atoms with Gasteiger partial charge in [0.15, 0.2) is 0 Å². The number of hydrogen-bond donors (Lipinski definition) is 2. The molecule has 0 unspecified atom stereocenters. The van der Waals surface area contributed by atoms with Crippen LogP contribution in [0.15, 0.2) is 0 Å². The van der Waals surface area contributed by atoms with Crippen molar-refractivity contribution in [2.45, 2.75) is 33.1 Å². The Labute approximate surface area is 69.5 Å². The Bertz CT molecular complexity index is 117. The lowest BCUT2D eigenvalue weighted by Gasteiger charge is -2.40. The smallest absolute Gasteiger partial charge is 0.0428 e. The molecule has 0 amide bonds. The van der Waals surface area contributed by atoms with E-state index in [9.17, 15) is 0 Å². The van der Waals surface area contributed by atoms with Crippen molar-refractivity contribution in [2.24, 2.45) is 17.1 Å². The van der Waals surface area contributed by atoms with Gasteiger partial charge in [-0.25, -0.2) is 0 Å². The predicted octanol–water partition coefficient (Wildman–Crippen LogP) is 1.32. The van der Waals surface area contributed by atoms with Crippen molar-refractivity contribution < 1.29 is 0 Å². The Morgan fingerprint density at radius 3 is 2.45 bits per heavy atom. The molecule has 0 spiro atoms. The van der Waals surface area contributed by atoms with E-state index >= 15 is 0 Å². The van der Waals surface area contributed by atoms with E-state index in [-0.39, 0.29) is 0 Å². The zero-order valence-corrected chi connectivity index (χ0v) is 7.69. The zero-order chi connectivity index (χ0) is 8.32. The number of rotatable bonds is 4.